The van der Waals surface area contributed by atoms with E-state index >= 15 is 4.39 Å². The van der Waals surface area contributed by atoms with E-state index in [1.807, 2.05) is 11.8 Å². The highest BCUT2D eigenvalue weighted by Crippen LogP contribution is 2.42. The number of nitrogens with zero attached hydrogens (tertiary/aromatic N) is 5. The topological polar surface area (TPSA) is 86.6 Å². The summed E-state index contributed by atoms with van der Waals surface area (Å²) in [6.45, 7) is 5.11. The number of fused-ring (bicyclic) bond motifs is 3. The molecule has 0 amide bonds. The summed E-state index contributed by atoms with van der Waals surface area (Å²) in [6.07, 6.45) is 12.8. The van der Waals surface area contributed by atoms with Gasteiger partial charge in [-0.15, -0.1) is 12.8 Å². The van der Waals surface area contributed by atoms with Gasteiger partial charge in [0.25, 0.3) is 0 Å². The van der Waals surface area contributed by atoms with Gasteiger partial charge in [0.1, 0.15) is 47.1 Å². The van der Waals surface area contributed by atoms with Crippen LogP contribution in [0.5, 0.6) is 11.8 Å². The van der Waals surface area contributed by atoms with Crippen molar-refractivity contribution >= 4 is 27.5 Å². The number of benzene rings is 2. The van der Waals surface area contributed by atoms with Crippen LogP contribution in [0.4, 0.5) is 19.0 Å². The van der Waals surface area contributed by atoms with Gasteiger partial charge in [-0.2, -0.15) is 9.97 Å². The highest BCUT2D eigenvalue weighted by Gasteiger charge is 2.49. The Morgan fingerprint density at radius 3 is 2.73 bits per heavy atom. The van der Waals surface area contributed by atoms with Gasteiger partial charge >= 0.3 is 6.01 Å². The number of piperazine rings is 1. The lowest BCUT2D eigenvalue weighted by Gasteiger charge is -2.34. The number of phenolic OH excluding ortho intramolecular Hbond substituents is 1. The van der Waals surface area contributed by atoms with Gasteiger partial charge in [0, 0.05) is 49.6 Å². The fourth-order valence-corrected chi connectivity index (χ4v) is 7.24. The largest absolute Gasteiger partial charge is 0.508 e. The number of rotatable bonds is 5. The molecule has 0 bridgehead atoms. The molecule has 230 valence electrons. The number of pyridine rings is 1. The summed E-state index contributed by atoms with van der Waals surface area (Å²) in [6, 6.07) is 5.37. The minimum atomic E-state index is -0.941. The molecule has 0 unspecified atom stereocenters. The Morgan fingerprint density at radius 1 is 1.11 bits per heavy atom. The van der Waals surface area contributed by atoms with Gasteiger partial charge in [0.15, 0.2) is 5.82 Å². The Balaban J connectivity index is 1.44. The van der Waals surface area contributed by atoms with E-state index in [0.717, 1.165) is 19.4 Å². The fraction of sp³-hybridized carbons (Fsp3) is 0.382. The van der Waals surface area contributed by atoms with E-state index in [-0.39, 0.29) is 63.2 Å². The van der Waals surface area contributed by atoms with Crippen LogP contribution in [-0.4, -0.2) is 82.0 Å². The van der Waals surface area contributed by atoms with Crippen molar-refractivity contribution in [2.75, 3.05) is 44.2 Å². The van der Waals surface area contributed by atoms with Crippen LogP contribution in [0.3, 0.4) is 0 Å². The van der Waals surface area contributed by atoms with Gasteiger partial charge in [0.05, 0.1) is 16.5 Å². The SMILES string of the molecule is C#Cc1c(F)ccc2cc(O)cc(-c3nc(C#C)c4c(N5CCN[C@@H](C)C5)nc(OC[C@@]56CCCN5C[C@H](F)C6)nc4c3F)c12. The van der Waals surface area contributed by atoms with Crippen LogP contribution in [0.15, 0.2) is 24.3 Å². The van der Waals surface area contributed by atoms with E-state index in [4.69, 9.17) is 22.6 Å². The first-order valence-corrected chi connectivity index (χ1v) is 15.0. The molecule has 7 rings (SSSR count). The van der Waals surface area contributed by atoms with Crippen LogP contribution < -0.4 is 15.0 Å². The van der Waals surface area contributed by atoms with Crippen LogP contribution in [0.1, 0.15) is 37.4 Å². The van der Waals surface area contributed by atoms with Crippen LogP contribution in [-0.2, 0) is 0 Å². The lowest BCUT2D eigenvalue weighted by Crippen LogP contribution is -2.49. The molecule has 0 saturated carbocycles. The zero-order valence-electron chi connectivity index (χ0n) is 24.7. The quantitative estimate of drug-likeness (QED) is 0.318. The number of terminal acetylenes is 2. The van der Waals surface area contributed by atoms with Crippen LogP contribution in [0.2, 0.25) is 0 Å². The van der Waals surface area contributed by atoms with E-state index in [9.17, 15) is 13.9 Å². The highest BCUT2D eigenvalue weighted by molar-refractivity contribution is 6.04. The minimum Gasteiger partial charge on any atom is -0.508 e. The van der Waals surface area contributed by atoms with Crippen molar-refractivity contribution in [1.29, 1.82) is 0 Å². The van der Waals surface area contributed by atoms with Gasteiger partial charge in [-0.25, -0.2) is 18.2 Å². The monoisotopic (exact) mass is 612 g/mol. The summed E-state index contributed by atoms with van der Waals surface area (Å²) >= 11 is 0. The molecule has 3 fully saturated rings. The molecule has 3 saturated heterocycles. The molecule has 5 heterocycles. The third-order valence-electron chi connectivity index (χ3n) is 9.23. The summed E-state index contributed by atoms with van der Waals surface area (Å²) < 4.78 is 52.4. The number of alkyl halides is 1. The second-order valence-electron chi connectivity index (χ2n) is 12.1. The Bertz CT molecular complexity index is 1940. The molecule has 3 aliphatic heterocycles. The van der Waals surface area contributed by atoms with E-state index in [1.165, 1.54) is 24.3 Å². The van der Waals surface area contributed by atoms with E-state index in [1.54, 1.807) is 0 Å². The van der Waals surface area contributed by atoms with Crippen LogP contribution >= 0.6 is 0 Å². The van der Waals surface area contributed by atoms with Crippen molar-refractivity contribution < 1.29 is 23.0 Å². The third kappa shape index (κ3) is 4.87. The van der Waals surface area contributed by atoms with Crippen LogP contribution in [0.25, 0.3) is 32.9 Å². The van der Waals surface area contributed by atoms with E-state index < -0.39 is 23.3 Å². The molecule has 0 radical (unpaired) electrons. The lowest BCUT2D eigenvalue weighted by atomic mass is 9.95. The van der Waals surface area contributed by atoms with Crippen molar-refractivity contribution in [3.05, 3.63) is 47.2 Å². The number of hydrogen-bond donors (Lipinski definition) is 2. The summed E-state index contributed by atoms with van der Waals surface area (Å²) in [5.74, 6) is 3.56. The van der Waals surface area contributed by atoms with Gasteiger partial charge < -0.3 is 20.1 Å². The first kappa shape index (κ1) is 29.1. The number of phenols is 1. The maximum atomic E-state index is 16.9. The number of ether oxygens (including phenoxy) is 1. The molecular formula is C34H31F3N6O2. The lowest BCUT2D eigenvalue weighted by molar-refractivity contribution is 0.107. The molecule has 11 heteroatoms. The van der Waals surface area contributed by atoms with Gasteiger partial charge in [-0.05, 0) is 55.8 Å². The van der Waals surface area contributed by atoms with Crippen LogP contribution in [0, 0.1) is 36.3 Å². The highest BCUT2D eigenvalue weighted by atomic mass is 19.1. The Morgan fingerprint density at radius 2 is 1.96 bits per heavy atom. The summed E-state index contributed by atoms with van der Waals surface area (Å²) in [5.41, 5.74) is -0.822. The summed E-state index contributed by atoms with van der Waals surface area (Å²) in [4.78, 5) is 17.9. The zero-order valence-corrected chi connectivity index (χ0v) is 24.7. The molecule has 2 aromatic carbocycles. The van der Waals surface area contributed by atoms with Crippen molar-refractivity contribution in [2.45, 2.75) is 43.9 Å². The van der Waals surface area contributed by atoms with Crippen molar-refractivity contribution in [2.24, 2.45) is 0 Å². The molecular weight excluding hydrogens is 581 g/mol. The molecule has 45 heavy (non-hydrogen) atoms. The predicted octanol–water partition coefficient (Wildman–Crippen LogP) is 4.54. The van der Waals surface area contributed by atoms with Crippen molar-refractivity contribution in [3.8, 4) is 47.7 Å². The minimum absolute atomic E-state index is 0.0622. The molecule has 3 atom stereocenters. The number of halogens is 3. The number of aromatic hydroxyl groups is 1. The number of nitrogens with one attached hydrogen (secondary N) is 1. The predicted molar refractivity (Wildman–Crippen MR) is 166 cm³/mol. The third-order valence-corrected chi connectivity index (χ3v) is 9.23. The average Bonchev–Trinajstić information content (AvgIpc) is 3.55. The second kappa shape index (κ2) is 11.1. The second-order valence-corrected chi connectivity index (χ2v) is 12.1. The maximum Gasteiger partial charge on any atom is 0.319 e. The normalized spacial score (nSPS) is 23.3. The molecule has 2 N–H and O–H groups in total. The Kier molecular flexibility index (Phi) is 7.19. The van der Waals surface area contributed by atoms with Gasteiger partial charge in [-0.1, -0.05) is 12.0 Å². The van der Waals surface area contributed by atoms with E-state index in [2.05, 4.69) is 32.0 Å². The standard InChI is InChI=1S/C34H31F3N6O2/c1-4-23-25(36)8-7-20-13-22(44)14-24(27(20)23)30-29(37)31-28(26(5-2)39-30)32(42-12-10-38-19(3)16-42)41-33(40-31)45-18-34-9-6-11-43(34)17-21(35)15-34/h1-2,7-8,13-14,19,21,38,44H,6,9-12,15-18H2,3H3/t19-,21+,34-/m0/s1. The van der Waals surface area contributed by atoms with E-state index in [0.29, 0.717) is 43.8 Å². The summed E-state index contributed by atoms with van der Waals surface area (Å²) in [5, 5.41) is 14.8. The van der Waals surface area contributed by atoms with Gasteiger partial charge in [-0.3, -0.25) is 4.90 Å². The summed E-state index contributed by atoms with van der Waals surface area (Å²) in [7, 11) is 0. The van der Waals surface area contributed by atoms with Crippen molar-refractivity contribution in [3.63, 3.8) is 0 Å². The molecule has 8 nitrogen and oxygen atoms in total. The molecule has 2 aromatic heterocycles. The molecule has 0 spiro atoms. The van der Waals surface area contributed by atoms with Gasteiger partial charge in [0.2, 0.25) is 0 Å². The zero-order chi connectivity index (χ0) is 31.5. The molecule has 3 aliphatic rings. The Hall–Kier alpha value is -4.58. The molecule has 4 aromatic rings. The number of aromatic nitrogens is 3. The fourth-order valence-electron chi connectivity index (χ4n) is 7.24. The average molecular weight is 613 g/mol. The first-order valence-electron chi connectivity index (χ1n) is 15.0. The molecule has 0 aliphatic carbocycles. The first-order chi connectivity index (χ1) is 21.7. The Labute approximate surface area is 258 Å². The maximum absolute atomic E-state index is 16.9. The number of anilines is 1. The van der Waals surface area contributed by atoms with Crippen molar-refractivity contribution in [1.82, 2.24) is 25.2 Å². The number of hydrogen-bond acceptors (Lipinski definition) is 8. The smallest absolute Gasteiger partial charge is 0.319 e.